The van der Waals surface area contributed by atoms with E-state index in [2.05, 4.69) is 43.8 Å². The summed E-state index contributed by atoms with van der Waals surface area (Å²) in [5, 5.41) is 5.48. The Morgan fingerprint density at radius 1 is 1.20 bits per heavy atom. The maximum absolute atomic E-state index is 3.95. The molecule has 0 aliphatic heterocycles. The van der Waals surface area contributed by atoms with Gasteiger partial charge in [-0.25, -0.2) is 0 Å². The van der Waals surface area contributed by atoms with E-state index in [-0.39, 0.29) is 0 Å². The molecule has 0 saturated heterocycles. The Balaban J connectivity index is 3.58. The fourth-order valence-electron chi connectivity index (χ4n) is 0.987. The van der Waals surface area contributed by atoms with Gasteiger partial charge in [0.2, 0.25) is 0 Å². The Morgan fingerprint density at radius 3 is 2.00 bits per heavy atom. The maximum atomic E-state index is 3.95. The summed E-state index contributed by atoms with van der Waals surface area (Å²) >= 11 is 6.01. The van der Waals surface area contributed by atoms with Gasteiger partial charge in [-0.3, -0.25) is 0 Å². The molecule has 3 heteroatoms. The second kappa shape index (κ2) is 6.07. The van der Waals surface area contributed by atoms with E-state index in [1.807, 2.05) is 0 Å². The van der Waals surface area contributed by atoms with E-state index in [4.69, 9.17) is 0 Å². The summed E-state index contributed by atoms with van der Waals surface area (Å²) in [5.41, 5.74) is 0. The van der Waals surface area contributed by atoms with Gasteiger partial charge in [0.1, 0.15) is 0 Å². The Labute approximate surface area is 82.3 Å². The normalized spacial score (nSPS) is 12.0. The van der Waals surface area contributed by atoms with Crippen LogP contribution < -0.4 is 0 Å². The summed E-state index contributed by atoms with van der Waals surface area (Å²) in [6.07, 6.45) is 1.35. The van der Waals surface area contributed by atoms with Crippen molar-refractivity contribution in [3.63, 3.8) is 0 Å². The minimum atomic E-state index is -1.41. The van der Waals surface area contributed by atoms with Gasteiger partial charge in [0, 0.05) is 0 Å². The first kappa shape index (κ1) is 11.5. The van der Waals surface area contributed by atoms with Crippen LogP contribution in [0.3, 0.4) is 0 Å². The summed E-state index contributed by atoms with van der Waals surface area (Å²) in [5.74, 6) is 0. The molecule has 0 unspecified atom stereocenters. The molecule has 0 nitrogen and oxygen atoms in total. The molecule has 0 N–H and O–H groups in total. The van der Waals surface area contributed by atoms with Crippen molar-refractivity contribution >= 4 is 41.4 Å². The molecular weight excluding hydrogens is 316 g/mol. The van der Waals surface area contributed by atoms with Crippen LogP contribution in [0.1, 0.15) is 20.3 Å². The van der Waals surface area contributed by atoms with E-state index in [1.165, 1.54) is 27.5 Å². The van der Waals surface area contributed by atoms with Crippen molar-refractivity contribution in [3.05, 3.63) is 0 Å². The molecule has 0 atom stereocenters. The van der Waals surface area contributed by atoms with Crippen molar-refractivity contribution in [1.82, 2.24) is 0 Å². The monoisotopic (exact) mass is 332 g/mol. The molecular formula is C7H16Br2Ge. The van der Waals surface area contributed by atoms with Crippen molar-refractivity contribution in [3.8, 4) is 0 Å². The Kier molecular flexibility index (Phi) is 6.98. The van der Waals surface area contributed by atoms with Crippen LogP contribution in [-0.2, 0) is 0 Å². The topological polar surface area (TPSA) is 0 Å². The summed E-state index contributed by atoms with van der Waals surface area (Å²) in [6.45, 7) is 4.65. The van der Waals surface area contributed by atoms with E-state index in [0.717, 1.165) is 0 Å². The van der Waals surface area contributed by atoms with Crippen LogP contribution in [0.5, 0.6) is 0 Å². The summed E-state index contributed by atoms with van der Waals surface area (Å²) in [4.78, 5) is 0. The summed E-state index contributed by atoms with van der Waals surface area (Å²) in [6, 6.07) is 0. The molecule has 10 heavy (non-hydrogen) atoms. The van der Waals surface area contributed by atoms with E-state index < -0.39 is 11.4 Å². The zero-order valence-electron chi connectivity index (χ0n) is 6.79. The molecule has 0 aromatic heterocycles. The van der Waals surface area contributed by atoms with Crippen LogP contribution in [0.2, 0.25) is 15.8 Å². The van der Waals surface area contributed by atoms with Crippen LogP contribution in [0.4, 0.5) is 0 Å². The first-order chi connectivity index (χ1) is 4.68. The number of halogens is 2. The minimum absolute atomic E-state index is 1.17. The molecule has 0 saturated carbocycles. The third kappa shape index (κ3) is 4.40. The van der Waals surface area contributed by atoms with Gasteiger partial charge in [0.15, 0.2) is 0 Å². The second-order valence-electron chi connectivity index (χ2n) is 2.65. The first-order valence-corrected chi connectivity index (χ1v) is 14.4. The molecule has 0 fully saturated rings. The molecule has 0 aromatic rings. The number of hydrogen-bond donors (Lipinski definition) is 0. The van der Waals surface area contributed by atoms with Gasteiger partial charge in [0.05, 0.1) is 0 Å². The Bertz CT molecular complexity index is 81.7. The van der Waals surface area contributed by atoms with Gasteiger partial charge in [-0.15, -0.1) is 0 Å². The first-order valence-electron chi connectivity index (χ1n) is 3.93. The molecule has 0 rings (SSSR count). The van der Waals surface area contributed by atoms with Crippen LogP contribution in [0.15, 0.2) is 0 Å². The van der Waals surface area contributed by atoms with Gasteiger partial charge in [-0.05, 0) is 0 Å². The summed E-state index contributed by atoms with van der Waals surface area (Å²) < 4.78 is 0. The van der Waals surface area contributed by atoms with Gasteiger partial charge in [0.25, 0.3) is 0 Å². The molecule has 0 heterocycles. The molecule has 0 radical (unpaired) electrons. The van der Waals surface area contributed by atoms with E-state index in [0.29, 0.717) is 0 Å². The molecule has 0 aliphatic carbocycles. The van der Waals surface area contributed by atoms with Crippen molar-refractivity contribution in [2.75, 3.05) is 5.33 Å². The third-order valence-electron chi connectivity index (χ3n) is 2.03. The third-order valence-corrected chi connectivity index (χ3v) is 18.4. The molecule has 0 amide bonds. The second-order valence-corrected chi connectivity index (χ2v) is 21.0. The molecule has 0 bridgehead atoms. The summed E-state index contributed by atoms with van der Waals surface area (Å²) in [7, 11) is 0. The van der Waals surface area contributed by atoms with Gasteiger partial charge in [-0.2, -0.15) is 0 Å². The Morgan fingerprint density at radius 2 is 1.70 bits per heavy atom. The number of alkyl halides is 1. The van der Waals surface area contributed by atoms with Crippen LogP contribution in [0.25, 0.3) is 0 Å². The van der Waals surface area contributed by atoms with Crippen molar-refractivity contribution < 1.29 is 0 Å². The van der Waals surface area contributed by atoms with Crippen LogP contribution >= 0.6 is 29.9 Å². The number of hydrogen-bond acceptors (Lipinski definition) is 0. The zero-order chi connectivity index (χ0) is 8.04. The molecule has 0 aliphatic rings. The fraction of sp³-hybridized carbons (Fsp3) is 1.00. The van der Waals surface area contributed by atoms with Crippen molar-refractivity contribution in [2.24, 2.45) is 0 Å². The standard InChI is InChI=1S/C7H16Br2Ge/c1-3-10(9,4-2)7-5-6-8/h3-7H2,1-2H3. The van der Waals surface area contributed by atoms with Crippen molar-refractivity contribution in [2.45, 2.75) is 36.0 Å². The Hall–Kier alpha value is 1.50. The van der Waals surface area contributed by atoms with Crippen LogP contribution in [-0.4, -0.2) is 16.8 Å². The SMILES string of the molecule is C[CH2][Ge]([Br])([CH2]C)[CH2]CCBr. The number of rotatable bonds is 5. The molecule has 62 valence electrons. The average molecular weight is 333 g/mol. The predicted molar refractivity (Wildman–Crippen MR) is 58.9 cm³/mol. The van der Waals surface area contributed by atoms with E-state index >= 15 is 0 Å². The van der Waals surface area contributed by atoms with Gasteiger partial charge < -0.3 is 0 Å². The quantitative estimate of drug-likeness (QED) is 0.524. The zero-order valence-corrected chi connectivity index (χ0v) is 12.1. The predicted octanol–water partition coefficient (Wildman–Crippen LogP) is 4.15. The van der Waals surface area contributed by atoms with Gasteiger partial charge in [-0.1, -0.05) is 0 Å². The van der Waals surface area contributed by atoms with E-state index in [9.17, 15) is 0 Å². The average Bonchev–Trinajstić information content (AvgIpc) is 2.00. The molecule has 0 aromatic carbocycles. The van der Waals surface area contributed by atoms with E-state index in [1.54, 1.807) is 0 Å². The van der Waals surface area contributed by atoms with Crippen molar-refractivity contribution in [1.29, 1.82) is 0 Å². The van der Waals surface area contributed by atoms with Crippen LogP contribution in [0, 0.1) is 0 Å². The van der Waals surface area contributed by atoms with Gasteiger partial charge >= 0.3 is 82.7 Å². The molecule has 0 spiro atoms. The fourth-order valence-corrected chi connectivity index (χ4v) is 8.04.